The average Bonchev–Trinajstić information content (AvgIpc) is 3.08. The van der Waals surface area contributed by atoms with Crippen molar-refractivity contribution in [3.8, 4) is 0 Å². The molecule has 2 aromatic rings. The molecule has 0 aliphatic carbocycles. The van der Waals surface area contributed by atoms with Gasteiger partial charge in [0.1, 0.15) is 0 Å². The van der Waals surface area contributed by atoms with E-state index in [2.05, 4.69) is 9.69 Å². The zero-order chi connectivity index (χ0) is 15.7. The Morgan fingerprint density at radius 2 is 2.27 bits per heavy atom. The molecule has 2 N–H and O–H groups in total. The lowest BCUT2D eigenvalue weighted by molar-refractivity contribution is -0.133. The van der Waals surface area contributed by atoms with Crippen LogP contribution in [0.1, 0.15) is 22.8 Å². The van der Waals surface area contributed by atoms with Crippen LogP contribution in [-0.4, -0.2) is 38.3 Å². The Kier molecular flexibility index (Phi) is 3.67. The fourth-order valence-electron chi connectivity index (χ4n) is 2.42. The van der Waals surface area contributed by atoms with Crippen LogP contribution in [0.2, 0.25) is 0 Å². The van der Waals surface area contributed by atoms with Crippen LogP contribution in [0.3, 0.4) is 0 Å². The number of amides is 2. The van der Waals surface area contributed by atoms with E-state index >= 15 is 0 Å². The van der Waals surface area contributed by atoms with Crippen LogP contribution in [0.25, 0.3) is 0 Å². The number of β-amino-alcohol motifs (C(OH)–C–C–N with tert-alkyl or cyclic N) is 1. The second-order valence-electron chi connectivity index (χ2n) is 5.46. The summed E-state index contributed by atoms with van der Waals surface area (Å²) in [6.45, 7) is 1.74. The molecule has 2 amide bonds. The van der Waals surface area contributed by atoms with Crippen LogP contribution in [0.5, 0.6) is 0 Å². The van der Waals surface area contributed by atoms with Gasteiger partial charge in [-0.25, -0.2) is 0 Å². The number of aromatic nitrogens is 1. The summed E-state index contributed by atoms with van der Waals surface area (Å²) in [6, 6.07) is 7.29. The Labute approximate surface area is 131 Å². The molecular formula is C15H15N3O3S. The Morgan fingerprint density at radius 3 is 2.95 bits per heavy atom. The van der Waals surface area contributed by atoms with Gasteiger partial charge in [0.25, 0.3) is 11.8 Å². The first-order chi connectivity index (χ1) is 10.5. The highest BCUT2D eigenvalue weighted by Gasteiger charge is 2.37. The van der Waals surface area contributed by atoms with Gasteiger partial charge in [-0.2, -0.15) is 4.37 Å². The summed E-state index contributed by atoms with van der Waals surface area (Å²) in [4.78, 5) is 25.9. The summed E-state index contributed by atoms with van der Waals surface area (Å²) in [7, 11) is 0. The first-order valence-electron chi connectivity index (χ1n) is 6.78. The van der Waals surface area contributed by atoms with Gasteiger partial charge in [0.2, 0.25) is 0 Å². The van der Waals surface area contributed by atoms with Gasteiger partial charge in [-0.1, -0.05) is 18.2 Å². The van der Waals surface area contributed by atoms with Gasteiger partial charge in [-0.15, -0.1) is 0 Å². The number of anilines is 1. The van der Waals surface area contributed by atoms with Crippen molar-refractivity contribution in [3.63, 3.8) is 0 Å². The molecule has 0 saturated carbocycles. The number of aliphatic hydroxyl groups is 1. The molecule has 1 aliphatic rings. The van der Waals surface area contributed by atoms with Crippen molar-refractivity contribution < 1.29 is 14.7 Å². The predicted octanol–water partition coefficient (Wildman–Crippen LogP) is 1.49. The number of benzene rings is 1. The Morgan fingerprint density at radius 1 is 1.50 bits per heavy atom. The van der Waals surface area contributed by atoms with Crippen molar-refractivity contribution in [3.05, 3.63) is 47.0 Å². The van der Waals surface area contributed by atoms with Crippen LogP contribution in [-0.2, 0) is 11.3 Å². The van der Waals surface area contributed by atoms with E-state index in [4.69, 9.17) is 0 Å². The molecule has 0 bridgehead atoms. The fraction of sp³-hybridized carbons (Fsp3) is 0.267. The second kappa shape index (κ2) is 5.51. The van der Waals surface area contributed by atoms with Gasteiger partial charge in [-0.05, 0) is 30.1 Å². The van der Waals surface area contributed by atoms with Gasteiger partial charge in [0.05, 0.1) is 18.4 Å². The number of nitrogens with zero attached hydrogens (tertiary/aromatic N) is 2. The van der Waals surface area contributed by atoms with E-state index in [0.717, 1.165) is 5.56 Å². The van der Waals surface area contributed by atoms with Crippen LogP contribution in [0.15, 0.2) is 35.8 Å². The molecule has 0 saturated heterocycles. The summed E-state index contributed by atoms with van der Waals surface area (Å²) >= 11 is 1.21. The molecule has 2 heterocycles. The quantitative estimate of drug-likeness (QED) is 0.895. The smallest absolute Gasteiger partial charge is 0.257 e. The molecule has 6 nitrogen and oxygen atoms in total. The number of hydrogen-bond acceptors (Lipinski definition) is 5. The van der Waals surface area contributed by atoms with Crippen molar-refractivity contribution in [1.82, 2.24) is 9.27 Å². The Hall–Kier alpha value is -2.25. The molecule has 1 aliphatic heterocycles. The number of rotatable bonds is 4. The van der Waals surface area contributed by atoms with E-state index in [9.17, 15) is 14.7 Å². The fourth-order valence-corrected chi connectivity index (χ4v) is 2.89. The third kappa shape index (κ3) is 2.72. The summed E-state index contributed by atoms with van der Waals surface area (Å²) in [5.74, 6) is -0.725. The molecule has 1 unspecified atom stereocenters. The van der Waals surface area contributed by atoms with Crippen molar-refractivity contribution in [1.29, 1.82) is 0 Å². The van der Waals surface area contributed by atoms with E-state index in [1.54, 1.807) is 17.5 Å². The van der Waals surface area contributed by atoms with E-state index in [0.29, 0.717) is 17.8 Å². The summed E-state index contributed by atoms with van der Waals surface area (Å²) in [6.07, 6.45) is 1.51. The zero-order valence-electron chi connectivity index (χ0n) is 11.9. The maximum absolute atomic E-state index is 12.3. The molecule has 1 atom stereocenters. The van der Waals surface area contributed by atoms with Crippen LogP contribution >= 0.6 is 11.5 Å². The predicted molar refractivity (Wildman–Crippen MR) is 82.6 cm³/mol. The highest BCUT2D eigenvalue weighted by molar-refractivity contribution is 7.04. The highest BCUT2D eigenvalue weighted by Crippen LogP contribution is 2.24. The van der Waals surface area contributed by atoms with Crippen LogP contribution < -0.4 is 5.32 Å². The van der Waals surface area contributed by atoms with E-state index < -0.39 is 11.5 Å². The van der Waals surface area contributed by atoms with Gasteiger partial charge >= 0.3 is 0 Å². The standard InChI is InChI=1S/C15H15N3O3S/c1-15(21,14(20)17-11-6-16-22-8-11)9-18-7-10-4-2-3-5-12(10)13(18)19/h2-6,8,21H,7,9H2,1H3,(H,17,20). The highest BCUT2D eigenvalue weighted by atomic mass is 32.1. The Bertz CT molecular complexity index is 713. The SMILES string of the molecule is CC(O)(CN1Cc2ccccc2C1=O)C(=O)Nc1cnsc1. The maximum Gasteiger partial charge on any atom is 0.257 e. The van der Waals surface area contributed by atoms with Gasteiger partial charge in [-0.3, -0.25) is 9.59 Å². The topological polar surface area (TPSA) is 82.5 Å². The van der Waals surface area contributed by atoms with E-state index in [-0.39, 0.29) is 12.5 Å². The molecular weight excluding hydrogens is 302 g/mol. The summed E-state index contributed by atoms with van der Waals surface area (Å²) in [5.41, 5.74) is 0.386. The minimum absolute atomic E-state index is 0.0656. The number of carbonyl (C=O) groups excluding carboxylic acids is 2. The molecule has 22 heavy (non-hydrogen) atoms. The van der Waals surface area contributed by atoms with E-state index in [1.807, 2.05) is 12.1 Å². The van der Waals surface area contributed by atoms with E-state index in [1.165, 1.54) is 29.6 Å². The lowest BCUT2D eigenvalue weighted by Gasteiger charge is -2.27. The number of nitrogens with one attached hydrogen (secondary N) is 1. The van der Waals surface area contributed by atoms with Crippen molar-refractivity contribution in [2.75, 3.05) is 11.9 Å². The van der Waals surface area contributed by atoms with Crippen molar-refractivity contribution in [2.45, 2.75) is 19.1 Å². The zero-order valence-corrected chi connectivity index (χ0v) is 12.8. The largest absolute Gasteiger partial charge is 0.378 e. The molecule has 0 spiro atoms. The van der Waals surface area contributed by atoms with Gasteiger partial charge in [0.15, 0.2) is 5.60 Å². The minimum Gasteiger partial charge on any atom is -0.378 e. The van der Waals surface area contributed by atoms with Crippen LogP contribution in [0, 0.1) is 0 Å². The third-order valence-electron chi connectivity index (χ3n) is 3.57. The molecule has 0 fully saturated rings. The Balaban J connectivity index is 1.70. The second-order valence-corrected chi connectivity index (χ2v) is 6.12. The molecule has 1 aromatic carbocycles. The average molecular weight is 317 g/mol. The molecule has 114 valence electrons. The first kappa shape index (κ1) is 14.7. The normalized spacial score (nSPS) is 16.3. The third-order valence-corrected chi connectivity index (χ3v) is 4.16. The van der Waals surface area contributed by atoms with Gasteiger partial charge < -0.3 is 15.3 Å². The number of fused-ring (bicyclic) bond motifs is 1. The van der Waals surface area contributed by atoms with Gasteiger partial charge in [0, 0.05) is 17.5 Å². The van der Waals surface area contributed by atoms with Crippen molar-refractivity contribution in [2.24, 2.45) is 0 Å². The summed E-state index contributed by atoms with van der Waals surface area (Å²) < 4.78 is 3.88. The molecule has 0 radical (unpaired) electrons. The van der Waals surface area contributed by atoms with Crippen LogP contribution in [0.4, 0.5) is 5.69 Å². The molecule has 1 aromatic heterocycles. The van der Waals surface area contributed by atoms with Crippen molar-refractivity contribution >= 4 is 29.0 Å². The lowest BCUT2D eigenvalue weighted by atomic mass is 10.1. The number of carbonyl (C=O) groups is 2. The molecule has 3 rings (SSSR count). The lowest BCUT2D eigenvalue weighted by Crippen LogP contribution is -2.49. The first-order valence-corrected chi connectivity index (χ1v) is 7.61. The molecule has 7 heteroatoms. The monoisotopic (exact) mass is 317 g/mol. The minimum atomic E-state index is -1.68. The maximum atomic E-state index is 12.3. The summed E-state index contributed by atoms with van der Waals surface area (Å²) in [5, 5.41) is 14.7. The number of hydrogen-bond donors (Lipinski definition) is 2.